The van der Waals surface area contributed by atoms with Gasteiger partial charge in [-0.15, -0.1) is 0 Å². The van der Waals surface area contributed by atoms with Crippen molar-refractivity contribution in [1.29, 1.82) is 5.41 Å². The summed E-state index contributed by atoms with van der Waals surface area (Å²) in [7, 11) is 1.79. The number of nitrogens with one attached hydrogen (secondary N) is 1. The molecule has 2 aromatic carbocycles. The molecule has 34 heavy (non-hydrogen) atoms. The minimum absolute atomic E-state index is 0.0252. The SMILES string of the molecule is Cc1cc2c(N3CCCc4cc(/C(C=N)=C/N)c(C(F)F)cc43)cc(C3CC3)cc2n(C)c1=O. The van der Waals surface area contributed by atoms with Crippen molar-refractivity contribution in [1.82, 2.24) is 4.57 Å². The van der Waals surface area contributed by atoms with Gasteiger partial charge in [0, 0.05) is 53.8 Å². The second-order valence-electron chi connectivity index (χ2n) is 9.33. The molecule has 0 saturated heterocycles. The van der Waals surface area contributed by atoms with Gasteiger partial charge in [-0.2, -0.15) is 0 Å². The lowest BCUT2D eigenvalue weighted by Gasteiger charge is -2.34. The van der Waals surface area contributed by atoms with Gasteiger partial charge in [0.2, 0.25) is 0 Å². The largest absolute Gasteiger partial charge is 0.404 e. The van der Waals surface area contributed by atoms with Gasteiger partial charge >= 0.3 is 0 Å². The third-order valence-electron chi connectivity index (χ3n) is 7.11. The van der Waals surface area contributed by atoms with Crippen LogP contribution in [0.25, 0.3) is 16.5 Å². The average Bonchev–Trinajstić information content (AvgIpc) is 3.68. The molecule has 1 aliphatic heterocycles. The number of hydrogen-bond donors (Lipinski definition) is 2. The minimum Gasteiger partial charge on any atom is -0.404 e. The van der Waals surface area contributed by atoms with Crippen molar-refractivity contribution in [2.24, 2.45) is 12.8 Å². The molecule has 0 unspecified atom stereocenters. The normalized spacial score (nSPS) is 16.3. The fraction of sp³-hybridized carbons (Fsp3) is 0.333. The Balaban J connectivity index is 1.77. The van der Waals surface area contributed by atoms with Gasteiger partial charge in [-0.05, 0) is 85.5 Å². The lowest BCUT2D eigenvalue weighted by molar-refractivity contribution is 0.151. The maximum absolute atomic E-state index is 14.1. The smallest absolute Gasteiger partial charge is 0.264 e. The molecular formula is C27H28F2N4O. The van der Waals surface area contributed by atoms with Crippen LogP contribution in [0.4, 0.5) is 20.2 Å². The predicted octanol–water partition coefficient (Wildman–Crippen LogP) is 5.70. The topological polar surface area (TPSA) is 75.1 Å². The van der Waals surface area contributed by atoms with Gasteiger partial charge in [0.15, 0.2) is 0 Å². The molecule has 1 aliphatic carbocycles. The van der Waals surface area contributed by atoms with Crippen molar-refractivity contribution < 1.29 is 8.78 Å². The molecular weight excluding hydrogens is 434 g/mol. The van der Waals surface area contributed by atoms with Crippen molar-refractivity contribution in [3.8, 4) is 0 Å². The first-order valence-electron chi connectivity index (χ1n) is 11.6. The summed E-state index contributed by atoms with van der Waals surface area (Å²) >= 11 is 0. The number of anilines is 2. The van der Waals surface area contributed by atoms with E-state index in [1.54, 1.807) is 23.7 Å². The van der Waals surface area contributed by atoms with Crippen LogP contribution < -0.4 is 16.2 Å². The van der Waals surface area contributed by atoms with Crippen molar-refractivity contribution in [2.75, 3.05) is 11.4 Å². The molecule has 1 aromatic heterocycles. The van der Waals surface area contributed by atoms with Crippen molar-refractivity contribution in [3.05, 3.63) is 74.7 Å². The first-order chi connectivity index (χ1) is 16.3. The molecule has 0 spiro atoms. The van der Waals surface area contributed by atoms with E-state index in [0.717, 1.165) is 59.7 Å². The summed E-state index contributed by atoms with van der Waals surface area (Å²) in [5.41, 5.74) is 11.4. The van der Waals surface area contributed by atoms with E-state index in [-0.39, 0.29) is 16.7 Å². The Bertz CT molecular complexity index is 1400. The average molecular weight is 463 g/mol. The maximum Gasteiger partial charge on any atom is 0.264 e. The van der Waals surface area contributed by atoms with E-state index in [9.17, 15) is 13.6 Å². The summed E-state index contributed by atoms with van der Waals surface area (Å²) in [6, 6.07) is 9.54. The highest BCUT2D eigenvalue weighted by Gasteiger charge is 2.29. The van der Waals surface area contributed by atoms with Crippen molar-refractivity contribution in [3.63, 3.8) is 0 Å². The molecule has 7 heteroatoms. The molecule has 2 heterocycles. The lowest BCUT2D eigenvalue weighted by Crippen LogP contribution is -2.26. The van der Waals surface area contributed by atoms with E-state index >= 15 is 0 Å². The van der Waals surface area contributed by atoms with Gasteiger partial charge in [0.25, 0.3) is 12.0 Å². The monoisotopic (exact) mass is 462 g/mol. The van der Waals surface area contributed by atoms with Crippen LogP contribution in [0.3, 0.4) is 0 Å². The van der Waals surface area contributed by atoms with Crippen LogP contribution in [0.1, 0.15) is 59.4 Å². The van der Waals surface area contributed by atoms with Gasteiger partial charge in [0.05, 0.1) is 11.2 Å². The van der Waals surface area contributed by atoms with E-state index in [1.807, 2.05) is 13.0 Å². The summed E-state index contributed by atoms with van der Waals surface area (Å²) < 4.78 is 30.0. The molecule has 176 valence electrons. The lowest BCUT2D eigenvalue weighted by atomic mass is 9.91. The maximum atomic E-state index is 14.1. The fourth-order valence-corrected chi connectivity index (χ4v) is 5.14. The van der Waals surface area contributed by atoms with Crippen LogP contribution in [-0.4, -0.2) is 17.3 Å². The predicted molar refractivity (Wildman–Crippen MR) is 134 cm³/mol. The summed E-state index contributed by atoms with van der Waals surface area (Å²) in [5.74, 6) is 0.479. The molecule has 5 nitrogen and oxygen atoms in total. The van der Waals surface area contributed by atoms with Gasteiger partial charge in [0.1, 0.15) is 0 Å². The number of aromatic nitrogens is 1. The van der Waals surface area contributed by atoms with Crippen LogP contribution in [-0.2, 0) is 13.5 Å². The molecule has 3 N–H and O–H groups in total. The Morgan fingerprint density at radius 1 is 1.18 bits per heavy atom. The second-order valence-corrected chi connectivity index (χ2v) is 9.33. The number of pyridine rings is 1. The molecule has 1 saturated carbocycles. The third-order valence-corrected chi connectivity index (χ3v) is 7.11. The van der Waals surface area contributed by atoms with Gasteiger partial charge in [-0.1, -0.05) is 0 Å². The van der Waals surface area contributed by atoms with E-state index in [2.05, 4.69) is 17.0 Å². The standard InChI is InChI=1S/C27H28F2N4O/c1-15-8-22-24(32(2)27(15)34)10-18(16-5-6-16)11-25(22)33-7-3-4-17-9-20(19(13-30)14-31)21(26(28)29)12-23(17)33/h8-14,16,26,30H,3-7,31H2,1-2H3/b19-14+,30-13?. The fourth-order valence-electron chi connectivity index (χ4n) is 5.14. The Morgan fingerprint density at radius 2 is 1.94 bits per heavy atom. The van der Waals surface area contributed by atoms with Gasteiger partial charge < -0.3 is 20.6 Å². The Hall–Kier alpha value is -3.48. The second kappa shape index (κ2) is 8.38. The van der Waals surface area contributed by atoms with E-state index in [0.29, 0.717) is 23.6 Å². The molecule has 0 radical (unpaired) electrons. The molecule has 1 fully saturated rings. The molecule has 0 bridgehead atoms. The highest BCUT2D eigenvalue weighted by molar-refractivity contribution is 6.09. The Morgan fingerprint density at radius 3 is 2.59 bits per heavy atom. The van der Waals surface area contributed by atoms with Crippen LogP contribution in [0.5, 0.6) is 0 Å². The van der Waals surface area contributed by atoms with Crippen molar-refractivity contribution >= 4 is 34.1 Å². The first kappa shape index (κ1) is 22.3. The number of fused-ring (bicyclic) bond motifs is 2. The van der Waals surface area contributed by atoms with E-state index < -0.39 is 6.43 Å². The molecule has 3 aromatic rings. The zero-order valence-electron chi connectivity index (χ0n) is 19.4. The molecule has 0 amide bonds. The summed E-state index contributed by atoms with van der Waals surface area (Å²) in [4.78, 5) is 14.8. The zero-order chi connectivity index (χ0) is 24.1. The molecule has 5 rings (SSSR count). The number of benzene rings is 2. The summed E-state index contributed by atoms with van der Waals surface area (Å²) in [6.07, 6.45) is 3.40. The molecule has 0 atom stereocenters. The Kier molecular flexibility index (Phi) is 5.50. The van der Waals surface area contributed by atoms with Gasteiger partial charge in [-0.25, -0.2) is 8.78 Å². The number of rotatable bonds is 5. The van der Waals surface area contributed by atoms with Crippen LogP contribution >= 0.6 is 0 Å². The van der Waals surface area contributed by atoms with E-state index in [1.165, 1.54) is 11.8 Å². The zero-order valence-corrected chi connectivity index (χ0v) is 19.4. The summed E-state index contributed by atoms with van der Waals surface area (Å²) in [6.45, 7) is 2.51. The number of nitrogens with two attached hydrogens (primary N) is 1. The first-order valence-corrected chi connectivity index (χ1v) is 11.6. The van der Waals surface area contributed by atoms with Gasteiger partial charge in [-0.3, -0.25) is 4.79 Å². The number of halogens is 2. The number of allylic oxidation sites excluding steroid dienone is 1. The van der Waals surface area contributed by atoms with Crippen LogP contribution in [0, 0.1) is 12.3 Å². The van der Waals surface area contributed by atoms with Crippen LogP contribution in [0.15, 0.2) is 41.3 Å². The highest BCUT2D eigenvalue weighted by Crippen LogP contribution is 2.46. The molecule has 2 aliphatic rings. The van der Waals surface area contributed by atoms with E-state index in [4.69, 9.17) is 11.1 Å². The number of aryl methyl sites for hydroxylation is 3. The quantitative estimate of drug-likeness (QED) is 0.478. The number of hydrogen-bond acceptors (Lipinski definition) is 4. The third kappa shape index (κ3) is 3.59. The minimum atomic E-state index is -2.70. The Labute approximate surface area is 197 Å². The number of alkyl halides is 2. The highest BCUT2D eigenvalue weighted by atomic mass is 19.3. The van der Waals surface area contributed by atoms with Crippen molar-refractivity contribution in [2.45, 2.75) is 45.0 Å². The van der Waals surface area contributed by atoms with Crippen LogP contribution in [0.2, 0.25) is 0 Å². The number of nitrogens with zero attached hydrogens (tertiary/aromatic N) is 2. The summed E-state index contributed by atoms with van der Waals surface area (Å²) in [5, 5.41) is 8.56.